The van der Waals surface area contributed by atoms with E-state index in [4.69, 9.17) is 0 Å². The summed E-state index contributed by atoms with van der Waals surface area (Å²) < 4.78 is 0. The van der Waals surface area contributed by atoms with E-state index in [1.807, 2.05) is 0 Å². The number of aryl methyl sites for hydroxylation is 2. The first-order valence-electron chi connectivity index (χ1n) is 8.84. The van der Waals surface area contributed by atoms with Crippen molar-refractivity contribution in [3.8, 4) is 0 Å². The molecule has 1 fully saturated rings. The van der Waals surface area contributed by atoms with Crippen molar-refractivity contribution >= 4 is 0 Å². The Morgan fingerprint density at radius 2 is 1.95 bits per heavy atom. The van der Waals surface area contributed by atoms with E-state index in [1.165, 1.54) is 56.2 Å². The van der Waals surface area contributed by atoms with Gasteiger partial charge >= 0.3 is 0 Å². The van der Waals surface area contributed by atoms with Gasteiger partial charge in [-0.1, -0.05) is 49.9 Å². The fraction of sp³-hybridized carbons (Fsp3) is 0.700. The Bertz CT molecular complexity index is 437. The minimum Gasteiger partial charge on any atom is -0.319 e. The van der Waals surface area contributed by atoms with E-state index in [9.17, 15) is 0 Å². The predicted octanol–water partition coefficient (Wildman–Crippen LogP) is 4.90. The molecule has 0 aromatic heterocycles. The molecule has 1 saturated carbocycles. The first-order chi connectivity index (χ1) is 10.1. The fourth-order valence-corrected chi connectivity index (χ4v) is 4.18. The van der Waals surface area contributed by atoms with Gasteiger partial charge in [-0.25, -0.2) is 0 Å². The van der Waals surface area contributed by atoms with Crippen molar-refractivity contribution in [1.82, 2.24) is 5.32 Å². The van der Waals surface area contributed by atoms with E-state index in [0.29, 0.717) is 0 Å². The van der Waals surface area contributed by atoms with Crippen molar-refractivity contribution in [2.24, 2.45) is 17.8 Å². The first-order valence-corrected chi connectivity index (χ1v) is 8.84. The zero-order valence-corrected chi connectivity index (χ0v) is 14.4. The molecule has 1 aliphatic carbocycles. The summed E-state index contributed by atoms with van der Waals surface area (Å²) in [5, 5.41) is 3.43. The third-order valence-corrected chi connectivity index (χ3v) is 5.40. The summed E-state index contributed by atoms with van der Waals surface area (Å²) in [6, 6.07) is 6.95. The van der Waals surface area contributed by atoms with Crippen LogP contribution in [0.15, 0.2) is 18.2 Å². The molecule has 1 aliphatic rings. The molecular formula is C20H33N. The molecule has 3 unspecified atom stereocenters. The molecule has 1 nitrogen and oxygen atoms in total. The van der Waals surface area contributed by atoms with Crippen molar-refractivity contribution in [3.05, 3.63) is 34.9 Å². The summed E-state index contributed by atoms with van der Waals surface area (Å²) in [5.41, 5.74) is 4.46. The second-order valence-corrected chi connectivity index (χ2v) is 7.18. The normalized spacial score (nSPS) is 26.0. The van der Waals surface area contributed by atoms with Gasteiger partial charge in [0.2, 0.25) is 0 Å². The van der Waals surface area contributed by atoms with E-state index in [-0.39, 0.29) is 0 Å². The van der Waals surface area contributed by atoms with Crippen LogP contribution in [-0.2, 0) is 6.42 Å². The molecule has 0 radical (unpaired) electrons. The second kappa shape index (κ2) is 7.98. The van der Waals surface area contributed by atoms with Gasteiger partial charge < -0.3 is 5.32 Å². The molecule has 0 spiro atoms. The van der Waals surface area contributed by atoms with Crippen molar-refractivity contribution in [2.75, 3.05) is 13.6 Å². The van der Waals surface area contributed by atoms with Crippen molar-refractivity contribution < 1.29 is 0 Å². The lowest BCUT2D eigenvalue weighted by Crippen LogP contribution is -2.33. The van der Waals surface area contributed by atoms with Crippen LogP contribution < -0.4 is 5.32 Å². The molecule has 1 N–H and O–H groups in total. The third kappa shape index (κ3) is 4.57. The molecular weight excluding hydrogens is 254 g/mol. The minimum absolute atomic E-state index is 0.864. The highest BCUT2D eigenvalue weighted by atomic mass is 14.8. The maximum atomic E-state index is 3.43. The number of benzene rings is 1. The molecule has 1 aromatic carbocycles. The fourth-order valence-electron chi connectivity index (χ4n) is 4.18. The van der Waals surface area contributed by atoms with Crippen molar-refractivity contribution in [2.45, 2.75) is 59.3 Å². The summed E-state index contributed by atoms with van der Waals surface area (Å²) >= 11 is 0. The summed E-state index contributed by atoms with van der Waals surface area (Å²) in [5.74, 6) is 2.70. The lowest BCUT2D eigenvalue weighted by atomic mass is 9.70. The molecule has 1 aromatic rings. The van der Waals surface area contributed by atoms with Crippen LogP contribution in [0.5, 0.6) is 0 Å². The summed E-state index contributed by atoms with van der Waals surface area (Å²) in [6.45, 7) is 8.01. The van der Waals surface area contributed by atoms with Crippen LogP contribution in [-0.4, -0.2) is 13.6 Å². The van der Waals surface area contributed by atoms with Gasteiger partial charge in [-0.2, -0.15) is 0 Å². The average Bonchev–Trinajstić information content (AvgIpc) is 2.46. The van der Waals surface area contributed by atoms with Crippen LogP contribution in [0.4, 0.5) is 0 Å². The van der Waals surface area contributed by atoms with Gasteiger partial charge in [0.25, 0.3) is 0 Å². The zero-order valence-electron chi connectivity index (χ0n) is 14.4. The van der Waals surface area contributed by atoms with Crippen LogP contribution >= 0.6 is 0 Å². The van der Waals surface area contributed by atoms with Crippen LogP contribution in [0.3, 0.4) is 0 Å². The number of hydrogen-bond acceptors (Lipinski definition) is 1. The SMILES string of the molecule is CCCC1CCC(CNC)C(Cc2cc(C)ccc2C)C1. The molecule has 118 valence electrons. The predicted molar refractivity (Wildman–Crippen MR) is 92.8 cm³/mol. The summed E-state index contributed by atoms with van der Waals surface area (Å²) in [4.78, 5) is 0. The Labute approximate surface area is 131 Å². The van der Waals surface area contributed by atoms with Gasteiger partial charge in [0.1, 0.15) is 0 Å². The second-order valence-electron chi connectivity index (χ2n) is 7.18. The number of hydrogen-bond donors (Lipinski definition) is 1. The maximum absolute atomic E-state index is 3.43. The Morgan fingerprint density at radius 1 is 1.14 bits per heavy atom. The zero-order chi connectivity index (χ0) is 15.2. The summed E-state index contributed by atoms with van der Waals surface area (Å²) in [7, 11) is 2.10. The highest BCUT2D eigenvalue weighted by Crippen LogP contribution is 2.38. The number of nitrogens with one attached hydrogen (secondary N) is 1. The van der Waals surface area contributed by atoms with E-state index >= 15 is 0 Å². The molecule has 0 aliphatic heterocycles. The van der Waals surface area contributed by atoms with Crippen LogP contribution in [0.2, 0.25) is 0 Å². The Kier molecular flexibility index (Phi) is 6.29. The van der Waals surface area contributed by atoms with Crippen molar-refractivity contribution in [1.29, 1.82) is 0 Å². The quantitative estimate of drug-likeness (QED) is 0.785. The Balaban J connectivity index is 2.09. The Hall–Kier alpha value is -0.820. The lowest BCUT2D eigenvalue weighted by molar-refractivity contribution is 0.169. The average molecular weight is 287 g/mol. The van der Waals surface area contributed by atoms with Crippen LogP contribution in [0.1, 0.15) is 55.7 Å². The van der Waals surface area contributed by atoms with E-state index in [2.05, 4.69) is 51.3 Å². The van der Waals surface area contributed by atoms with Crippen LogP contribution in [0, 0.1) is 31.6 Å². The third-order valence-electron chi connectivity index (χ3n) is 5.40. The molecule has 3 atom stereocenters. The van der Waals surface area contributed by atoms with Gasteiger partial charge in [0.05, 0.1) is 0 Å². The van der Waals surface area contributed by atoms with Gasteiger partial charge in [0.15, 0.2) is 0 Å². The van der Waals surface area contributed by atoms with E-state index < -0.39 is 0 Å². The van der Waals surface area contributed by atoms with Gasteiger partial charge in [0, 0.05) is 0 Å². The molecule has 21 heavy (non-hydrogen) atoms. The smallest absolute Gasteiger partial charge is 0.00208 e. The molecule has 0 bridgehead atoms. The molecule has 1 heteroatoms. The molecule has 2 rings (SSSR count). The Morgan fingerprint density at radius 3 is 2.67 bits per heavy atom. The first kappa shape index (κ1) is 16.5. The maximum Gasteiger partial charge on any atom is -0.00208 e. The molecule has 0 saturated heterocycles. The topological polar surface area (TPSA) is 12.0 Å². The lowest BCUT2D eigenvalue weighted by Gasteiger charge is -2.37. The van der Waals surface area contributed by atoms with Crippen LogP contribution in [0.25, 0.3) is 0 Å². The standard InChI is InChI=1S/C20H33N/c1-5-6-17-9-10-18(14-21-4)20(12-17)13-19-11-15(2)7-8-16(19)3/h7-8,11,17-18,20-21H,5-6,9-10,12-14H2,1-4H3. The van der Waals surface area contributed by atoms with Gasteiger partial charge in [-0.3, -0.25) is 0 Å². The highest BCUT2D eigenvalue weighted by Gasteiger charge is 2.29. The number of rotatable bonds is 6. The molecule has 0 heterocycles. The van der Waals surface area contributed by atoms with Crippen molar-refractivity contribution in [3.63, 3.8) is 0 Å². The largest absolute Gasteiger partial charge is 0.319 e. The van der Waals surface area contributed by atoms with Gasteiger partial charge in [-0.15, -0.1) is 0 Å². The highest BCUT2D eigenvalue weighted by molar-refractivity contribution is 5.31. The molecule has 0 amide bonds. The van der Waals surface area contributed by atoms with E-state index in [0.717, 1.165) is 17.8 Å². The van der Waals surface area contributed by atoms with Gasteiger partial charge in [-0.05, 0) is 75.6 Å². The summed E-state index contributed by atoms with van der Waals surface area (Å²) in [6.07, 6.45) is 8.35. The monoisotopic (exact) mass is 287 g/mol. The minimum atomic E-state index is 0.864. The van der Waals surface area contributed by atoms with E-state index in [1.54, 1.807) is 5.56 Å².